The van der Waals surface area contributed by atoms with Crippen molar-refractivity contribution in [3.8, 4) is 5.75 Å². The van der Waals surface area contributed by atoms with Gasteiger partial charge in [-0.2, -0.15) is 8.78 Å². The van der Waals surface area contributed by atoms with Crippen LogP contribution in [0.3, 0.4) is 0 Å². The largest absolute Gasteiger partial charge is 0.432 e. The van der Waals surface area contributed by atoms with Crippen LogP contribution in [0.15, 0.2) is 23.4 Å². The Labute approximate surface area is 83.5 Å². The molecule has 0 unspecified atom stereocenters. The second-order valence-electron chi connectivity index (χ2n) is 2.62. The van der Waals surface area contributed by atoms with E-state index in [4.69, 9.17) is 0 Å². The lowest BCUT2D eigenvalue weighted by molar-refractivity contribution is -0.0490. The Hall–Kier alpha value is -1.30. The third kappa shape index (κ3) is 1.65. The number of nitrogens with one attached hydrogen (secondary N) is 1. The van der Waals surface area contributed by atoms with Crippen LogP contribution in [0.5, 0.6) is 5.75 Å². The summed E-state index contributed by atoms with van der Waals surface area (Å²) in [5.41, 5.74) is 0.997. The van der Waals surface area contributed by atoms with E-state index in [0.717, 1.165) is 0 Å². The maximum absolute atomic E-state index is 12.0. The van der Waals surface area contributed by atoms with E-state index in [2.05, 4.69) is 27.3 Å². The lowest BCUT2D eigenvalue weighted by atomic mass is 10.3. The van der Waals surface area contributed by atoms with Crippen LogP contribution in [-0.2, 0) is 0 Å². The molecule has 1 N–H and O–H groups in total. The van der Waals surface area contributed by atoms with Gasteiger partial charge in [0.2, 0.25) is 0 Å². The Balaban J connectivity index is 2.55. The van der Waals surface area contributed by atoms with E-state index in [0.29, 0.717) is 15.9 Å². The van der Waals surface area contributed by atoms with Gasteiger partial charge >= 0.3 is 6.61 Å². The summed E-state index contributed by atoms with van der Waals surface area (Å²) >= 11 is 4.05. The summed E-state index contributed by atoms with van der Waals surface area (Å²) in [7, 11) is 0. The van der Waals surface area contributed by atoms with Gasteiger partial charge in [0, 0.05) is 4.90 Å². The highest BCUT2D eigenvalue weighted by Gasteiger charge is 2.10. The molecule has 0 aliphatic carbocycles. The third-order valence-electron chi connectivity index (χ3n) is 1.69. The zero-order valence-electron chi connectivity index (χ0n) is 6.87. The molecule has 0 saturated heterocycles. The number of rotatable bonds is 2. The molecule has 0 spiro atoms. The predicted molar refractivity (Wildman–Crippen MR) is 50.0 cm³/mol. The van der Waals surface area contributed by atoms with Gasteiger partial charge in [0.25, 0.3) is 0 Å². The second kappa shape index (κ2) is 3.45. The summed E-state index contributed by atoms with van der Waals surface area (Å²) in [6.45, 7) is -2.86. The van der Waals surface area contributed by atoms with Crippen molar-refractivity contribution in [1.82, 2.24) is 9.97 Å². The van der Waals surface area contributed by atoms with Crippen molar-refractivity contribution in [2.24, 2.45) is 0 Å². The van der Waals surface area contributed by atoms with Gasteiger partial charge in [0.15, 0.2) is 5.75 Å². The number of hydrogen-bond donors (Lipinski definition) is 2. The van der Waals surface area contributed by atoms with Gasteiger partial charge in [-0.1, -0.05) is 0 Å². The van der Waals surface area contributed by atoms with Crippen LogP contribution in [0.2, 0.25) is 0 Å². The molecule has 6 heteroatoms. The van der Waals surface area contributed by atoms with Gasteiger partial charge in [-0.15, -0.1) is 12.6 Å². The maximum atomic E-state index is 12.0. The normalized spacial score (nSPS) is 11.1. The number of thiol groups is 1. The molecular weight excluding hydrogens is 210 g/mol. The Morgan fingerprint density at radius 1 is 1.43 bits per heavy atom. The molecule has 2 rings (SSSR count). The summed E-state index contributed by atoms with van der Waals surface area (Å²) in [4.78, 5) is 7.19. The number of halogens is 2. The highest BCUT2D eigenvalue weighted by molar-refractivity contribution is 7.80. The molecule has 0 aliphatic rings. The van der Waals surface area contributed by atoms with Gasteiger partial charge < -0.3 is 9.72 Å². The topological polar surface area (TPSA) is 37.9 Å². The monoisotopic (exact) mass is 216 g/mol. The summed E-state index contributed by atoms with van der Waals surface area (Å²) in [6.07, 6.45) is 1.41. The van der Waals surface area contributed by atoms with Crippen LogP contribution in [0.4, 0.5) is 8.78 Å². The molecule has 74 valence electrons. The van der Waals surface area contributed by atoms with Crippen molar-refractivity contribution in [3.63, 3.8) is 0 Å². The molecule has 0 atom stereocenters. The smallest absolute Gasteiger partial charge is 0.387 e. The fraction of sp³-hybridized carbons (Fsp3) is 0.125. The second-order valence-corrected chi connectivity index (χ2v) is 3.14. The lowest BCUT2D eigenvalue weighted by Crippen LogP contribution is -2.02. The first-order valence-corrected chi connectivity index (χ1v) is 4.22. The molecule has 0 fully saturated rings. The van der Waals surface area contributed by atoms with E-state index in [9.17, 15) is 8.78 Å². The summed E-state index contributed by atoms with van der Waals surface area (Å²) in [6, 6.07) is 3.09. The van der Waals surface area contributed by atoms with E-state index < -0.39 is 6.61 Å². The maximum Gasteiger partial charge on any atom is 0.387 e. The fourth-order valence-corrected chi connectivity index (χ4v) is 1.44. The zero-order valence-corrected chi connectivity index (χ0v) is 7.76. The third-order valence-corrected chi connectivity index (χ3v) is 1.95. The van der Waals surface area contributed by atoms with E-state index in [1.54, 1.807) is 6.07 Å². The molecule has 0 saturated carbocycles. The van der Waals surface area contributed by atoms with Crippen LogP contribution in [0.1, 0.15) is 0 Å². The Morgan fingerprint density at radius 2 is 2.21 bits per heavy atom. The summed E-state index contributed by atoms with van der Waals surface area (Å²) in [5.74, 6) is 0.0313. The van der Waals surface area contributed by atoms with E-state index >= 15 is 0 Å². The quantitative estimate of drug-likeness (QED) is 0.757. The minimum absolute atomic E-state index is 0.0313. The van der Waals surface area contributed by atoms with Gasteiger partial charge in [-0.05, 0) is 12.1 Å². The van der Waals surface area contributed by atoms with E-state index in [-0.39, 0.29) is 5.75 Å². The Bertz CT molecular complexity index is 458. The van der Waals surface area contributed by atoms with Crippen LogP contribution in [0, 0.1) is 0 Å². The van der Waals surface area contributed by atoms with E-state index in [1.165, 1.54) is 12.4 Å². The first-order chi connectivity index (χ1) is 6.66. The number of fused-ring (bicyclic) bond motifs is 1. The van der Waals surface area contributed by atoms with Gasteiger partial charge in [0.05, 0.1) is 11.8 Å². The number of aromatic amines is 1. The van der Waals surface area contributed by atoms with Crippen LogP contribution >= 0.6 is 12.6 Å². The number of benzene rings is 1. The standard InChI is InChI=1S/C8H6F2N2OS/c9-8(10)13-6-2-4(14)1-5-7(6)12-3-11-5/h1-3,8,14H,(H,11,12). The van der Waals surface area contributed by atoms with Gasteiger partial charge in [-0.25, -0.2) is 4.98 Å². The number of hydrogen-bond acceptors (Lipinski definition) is 3. The molecule has 1 heterocycles. The number of ether oxygens (including phenoxy) is 1. The number of aromatic nitrogens is 2. The van der Waals surface area contributed by atoms with Crippen molar-refractivity contribution < 1.29 is 13.5 Å². The molecule has 1 aromatic heterocycles. The van der Waals surface area contributed by atoms with Crippen LogP contribution < -0.4 is 4.74 Å². The fourth-order valence-electron chi connectivity index (χ4n) is 1.19. The molecular formula is C8H6F2N2OS. The van der Waals surface area contributed by atoms with Crippen molar-refractivity contribution >= 4 is 23.7 Å². The predicted octanol–water partition coefficient (Wildman–Crippen LogP) is 2.45. The minimum atomic E-state index is -2.86. The number of imidazole rings is 1. The van der Waals surface area contributed by atoms with E-state index in [1.807, 2.05) is 0 Å². The molecule has 0 radical (unpaired) electrons. The minimum Gasteiger partial charge on any atom is -0.432 e. The summed E-state index contributed by atoms with van der Waals surface area (Å²) in [5, 5.41) is 0. The van der Waals surface area contributed by atoms with Crippen molar-refractivity contribution in [2.75, 3.05) is 0 Å². The molecule has 0 amide bonds. The zero-order chi connectivity index (χ0) is 10.1. The average molecular weight is 216 g/mol. The molecule has 3 nitrogen and oxygen atoms in total. The highest BCUT2D eigenvalue weighted by Crippen LogP contribution is 2.27. The SMILES string of the molecule is FC(F)Oc1cc(S)cc2[nH]cnc12. The average Bonchev–Trinajstić information content (AvgIpc) is 2.50. The number of alkyl halides is 2. The number of H-pyrrole nitrogens is 1. The molecule has 0 bridgehead atoms. The Kier molecular flexibility index (Phi) is 2.28. The van der Waals surface area contributed by atoms with Crippen molar-refractivity contribution in [2.45, 2.75) is 11.5 Å². The number of nitrogens with zero attached hydrogens (tertiary/aromatic N) is 1. The summed E-state index contributed by atoms with van der Waals surface area (Å²) < 4.78 is 28.3. The van der Waals surface area contributed by atoms with Crippen LogP contribution in [0.25, 0.3) is 11.0 Å². The molecule has 2 aromatic rings. The van der Waals surface area contributed by atoms with Crippen molar-refractivity contribution in [1.29, 1.82) is 0 Å². The molecule has 0 aliphatic heterocycles. The Morgan fingerprint density at radius 3 is 2.93 bits per heavy atom. The molecule has 1 aromatic carbocycles. The van der Waals surface area contributed by atoms with Gasteiger partial charge in [0.1, 0.15) is 5.52 Å². The van der Waals surface area contributed by atoms with Gasteiger partial charge in [-0.3, -0.25) is 0 Å². The highest BCUT2D eigenvalue weighted by atomic mass is 32.1. The molecule has 14 heavy (non-hydrogen) atoms. The first-order valence-electron chi connectivity index (χ1n) is 3.78. The van der Waals surface area contributed by atoms with Crippen LogP contribution in [-0.4, -0.2) is 16.6 Å². The first kappa shape index (κ1) is 9.26. The van der Waals surface area contributed by atoms with Crippen molar-refractivity contribution in [3.05, 3.63) is 18.5 Å². The lowest BCUT2D eigenvalue weighted by Gasteiger charge is -2.05.